The molecule has 2 rings (SSSR count). The van der Waals surface area contributed by atoms with Gasteiger partial charge in [-0.25, -0.2) is 0 Å². The third-order valence-electron chi connectivity index (χ3n) is 2.98. The number of hydrogen-bond donors (Lipinski definition) is 0. The van der Waals surface area contributed by atoms with Crippen molar-refractivity contribution in [2.45, 2.75) is 19.4 Å². The summed E-state index contributed by atoms with van der Waals surface area (Å²) in [5, 5.41) is 0. The first-order valence-electron chi connectivity index (χ1n) is 5.45. The molecule has 1 aliphatic rings. The molecule has 1 aliphatic heterocycles. The predicted octanol–water partition coefficient (Wildman–Crippen LogP) is 1.49. The zero-order valence-electron chi connectivity index (χ0n) is 8.80. The number of hydrogen-bond acceptors (Lipinski definition) is 3. The Morgan fingerprint density at radius 3 is 2.60 bits per heavy atom. The lowest BCUT2D eigenvalue weighted by Gasteiger charge is -2.29. The van der Waals surface area contributed by atoms with Gasteiger partial charge >= 0.3 is 0 Å². The van der Waals surface area contributed by atoms with E-state index in [1.165, 1.54) is 5.56 Å². The van der Waals surface area contributed by atoms with Crippen molar-refractivity contribution in [1.29, 1.82) is 0 Å². The van der Waals surface area contributed by atoms with E-state index in [2.05, 4.69) is 9.88 Å². The van der Waals surface area contributed by atoms with Crippen molar-refractivity contribution in [3.8, 4) is 0 Å². The van der Waals surface area contributed by atoms with Crippen molar-refractivity contribution in [2.75, 3.05) is 13.1 Å². The highest BCUT2D eigenvalue weighted by atomic mass is 16.1. The van der Waals surface area contributed by atoms with E-state index in [-0.39, 0.29) is 0 Å². The van der Waals surface area contributed by atoms with Crippen molar-refractivity contribution >= 4 is 6.29 Å². The van der Waals surface area contributed by atoms with Crippen molar-refractivity contribution in [2.24, 2.45) is 5.92 Å². The van der Waals surface area contributed by atoms with Crippen molar-refractivity contribution in [3.05, 3.63) is 30.1 Å². The summed E-state index contributed by atoms with van der Waals surface area (Å²) in [6.07, 6.45) is 6.77. The van der Waals surface area contributed by atoms with Crippen LogP contribution in [-0.2, 0) is 11.3 Å². The van der Waals surface area contributed by atoms with E-state index >= 15 is 0 Å². The van der Waals surface area contributed by atoms with Crippen molar-refractivity contribution in [1.82, 2.24) is 9.88 Å². The molecule has 15 heavy (non-hydrogen) atoms. The summed E-state index contributed by atoms with van der Waals surface area (Å²) in [6, 6.07) is 4.09. The van der Waals surface area contributed by atoms with E-state index in [9.17, 15) is 4.79 Å². The SMILES string of the molecule is O=CC1CCN(Cc2ccncc2)CC1. The molecule has 0 atom stereocenters. The van der Waals surface area contributed by atoms with Gasteiger partial charge in [-0.3, -0.25) is 9.88 Å². The van der Waals surface area contributed by atoms with Crippen LogP contribution in [0.4, 0.5) is 0 Å². The largest absolute Gasteiger partial charge is 0.303 e. The fourth-order valence-corrected chi connectivity index (χ4v) is 1.99. The van der Waals surface area contributed by atoms with Gasteiger partial charge in [0.1, 0.15) is 6.29 Å². The summed E-state index contributed by atoms with van der Waals surface area (Å²) >= 11 is 0. The van der Waals surface area contributed by atoms with Crippen LogP contribution in [-0.4, -0.2) is 29.3 Å². The lowest BCUT2D eigenvalue weighted by molar-refractivity contribution is -0.112. The number of piperidine rings is 1. The summed E-state index contributed by atoms with van der Waals surface area (Å²) in [5.74, 6) is 0.290. The van der Waals surface area contributed by atoms with Gasteiger partial charge in [0.2, 0.25) is 0 Å². The first-order valence-corrected chi connectivity index (χ1v) is 5.45. The van der Waals surface area contributed by atoms with Gasteiger partial charge in [0.05, 0.1) is 0 Å². The fraction of sp³-hybridized carbons (Fsp3) is 0.500. The van der Waals surface area contributed by atoms with Crippen molar-refractivity contribution < 1.29 is 4.79 Å². The monoisotopic (exact) mass is 204 g/mol. The van der Waals surface area contributed by atoms with Crippen LogP contribution in [0.25, 0.3) is 0 Å². The molecule has 0 aliphatic carbocycles. The molecule has 0 saturated carbocycles. The molecule has 1 aromatic rings. The minimum Gasteiger partial charge on any atom is -0.303 e. The van der Waals surface area contributed by atoms with Crippen LogP contribution >= 0.6 is 0 Å². The first-order chi connectivity index (χ1) is 7.38. The molecule has 1 saturated heterocycles. The number of rotatable bonds is 3. The van der Waals surface area contributed by atoms with Crippen LogP contribution in [0.3, 0.4) is 0 Å². The zero-order valence-corrected chi connectivity index (χ0v) is 8.80. The van der Waals surface area contributed by atoms with Crippen LogP contribution in [0, 0.1) is 5.92 Å². The molecule has 2 heterocycles. The fourth-order valence-electron chi connectivity index (χ4n) is 1.99. The number of carbonyl (C=O) groups is 1. The molecule has 0 radical (unpaired) electrons. The maximum Gasteiger partial charge on any atom is 0.123 e. The molecular formula is C12H16N2O. The van der Waals surface area contributed by atoms with E-state index < -0.39 is 0 Å². The Labute approximate surface area is 90.1 Å². The highest BCUT2D eigenvalue weighted by Gasteiger charge is 2.18. The third kappa shape index (κ3) is 2.86. The molecule has 1 fully saturated rings. The van der Waals surface area contributed by atoms with Crippen LogP contribution in [0.2, 0.25) is 0 Å². The summed E-state index contributed by atoms with van der Waals surface area (Å²) in [7, 11) is 0. The second-order valence-corrected chi connectivity index (χ2v) is 4.11. The van der Waals surface area contributed by atoms with Crippen LogP contribution in [0.15, 0.2) is 24.5 Å². The smallest absolute Gasteiger partial charge is 0.123 e. The summed E-state index contributed by atoms with van der Waals surface area (Å²) in [5.41, 5.74) is 1.30. The second kappa shape index (κ2) is 5.03. The Balaban J connectivity index is 1.85. The van der Waals surface area contributed by atoms with Gasteiger partial charge in [0.15, 0.2) is 0 Å². The molecule has 0 aromatic carbocycles. The summed E-state index contributed by atoms with van der Waals surface area (Å²) in [6.45, 7) is 3.05. The zero-order chi connectivity index (χ0) is 10.5. The molecule has 1 aromatic heterocycles. The number of aromatic nitrogens is 1. The Hall–Kier alpha value is -1.22. The van der Waals surface area contributed by atoms with Crippen LogP contribution < -0.4 is 0 Å². The van der Waals surface area contributed by atoms with E-state index in [0.717, 1.165) is 38.8 Å². The second-order valence-electron chi connectivity index (χ2n) is 4.11. The van der Waals surface area contributed by atoms with Crippen LogP contribution in [0.5, 0.6) is 0 Å². The van der Waals surface area contributed by atoms with E-state index in [1.54, 1.807) is 0 Å². The van der Waals surface area contributed by atoms with Gasteiger partial charge in [-0.2, -0.15) is 0 Å². The molecule has 0 spiro atoms. The number of carbonyl (C=O) groups excluding carboxylic acids is 1. The van der Waals surface area contributed by atoms with E-state index in [0.29, 0.717) is 5.92 Å². The molecule has 3 nitrogen and oxygen atoms in total. The molecule has 3 heteroatoms. The van der Waals surface area contributed by atoms with Gasteiger partial charge in [-0.05, 0) is 43.6 Å². The Kier molecular flexibility index (Phi) is 3.45. The first kappa shape index (κ1) is 10.3. The van der Waals surface area contributed by atoms with Gasteiger partial charge in [0, 0.05) is 24.9 Å². The number of likely N-dealkylation sites (tertiary alicyclic amines) is 1. The third-order valence-corrected chi connectivity index (χ3v) is 2.98. The standard InChI is InChI=1S/C12H16N2O/c15-10-12-3-7-14(8-4-12)9-11-1-5-13-6-2-11/h1-2,5-6,10,12H,3-4,7-9H2. The average molecular weight is 204 g/mol. The number of aldehydes is 1. The molecule has 0 N–H and O–H groups in total. The molecular weight excluding hydrogens is 188 g/mol. The van der Waals surface area contributed by atoms with Crippen molar-refractivity contribution in [3.63, 3.8) is 0 Å². The predicted molar refractivity (Wildman–Crippen MR) is 58.3 cm³/mol. The lowest BCUT2D eigenvalue weighted by atomic mass is 9.98. The maximum atomic E-state index is 10.6. The molecule has 0 amide bonds. The summed E-state index contributed by atoms with van der Waals surface area (Å²) in [4.78, 5) is 17.0. The number of nitrogens with zero attached hydrogens (tertiary/aromatic N) is 2. The van der Waals surface area contributed by atoms with Gasteiger partial charge in [0.25, 0.3) is 0 Å². The summed E-state index contributed by atoms with van der Waals surface area (Å²) < 4.78 is 0. The Morgan fingerprint density at radius 1 is 1.33 bits per heavy atom. The average Bonchev–Trinajstić information content (AvgIpc) is 2.31. The maximum absolute atomic E-state index is 10.6. The van der Waals surface area contributed by atoms with Gasteiger partial charge < -0.3 is 4.79 Å². The van der Waals surface area contributed by atoms with Crippen LogP contribution in [0.1, 0.15) is 18.4 Å². The van der Waals surface area contributed by atoms with Gasteiger partial charge in [-0.1, -0.05) is 0 Å². The van der Waals surface area contributed by atoms with E-state index in [4.69, 9.17) is 0 Å². The number of pyridine rings is 1. The Morgan fingerprint density at radius 2 is 2.00 bits per heavy atom. The molecule has 0 bridgehead atoms. The quantitative estimate of drug-likeness (QED) is 0.699. The minimum atomic E-state index is 0.290. The Bertz CT molecular complexity index is 305. The molecule has 0 unspecified atom stereocenters. The molecule has 80 valence electrons. The normalized spacial score (nSPS) is 18.9. The highest BCUT2D eigenvalue weighted by molar-refractivity contribution is 5.53. The highest BCUT2D eigenvalue weighted by Crippen LogP contribution is 2.16. The minimum absolute atomic E-state index is 0.290. The topological polar surface area (TPSA) is 33.2 Å². The lowest BCUT2D eigenvalue weighted by Crippen LogP contribution is -2.33. The van der Waals surface area contributed by atoms with Gasteiger partial charge in [-0.15, -0.1) is 0 Å². The van der Waals surface area contributed by atoms with E-state index in [1.807, 2.05) is 24.5 Å².